The number of amides is 1. The number of halogens is 1. The van der Waals surface area contributed by atoms with Crippen molar-refractivity contribution in [1.29, 1.82) is 0 Å². The van der Waals surface area contributed by atoms with Gasteiger partial charge in [0.2, 0.25) is 5.91 Å². The molecule has 2 heterocycles. The zero-order valence-electron chi connectivity index (χ0n) is 12.3. The number of rotatable bonds is 3. The van der Waals surface area contributed by atoms with Gasteiger partial charge in [-0.1, -0.05) is 35.9 Å². The third-order valence-electron chi connectivity index (χ3n) is 4.44. The van der Waals surface area contributed by atoms with E-state index in [1.165, 1.54) is 0 Å². The summed E-state index contributed by atoms with van der Waals surface area (Å²) in [7, 11) is 0. The Morgan fingerprint density at radius 3 is 2.65 bits per heavy atom. The fraction of sp³-hybridized carbons (Fsp3) is 0.167. The average Bonchev–Trinajstić information content (AvgIpc) is 3.36. The van der Waals surface area contributed by atoms with Crippen LogP contribution >= 0.6 is 11.6 Å². The number of nitrogens with zero attached hydrogens (tertiary/aromatic N) is 2. The van der Waals surface area contributed by atoms with Crippen LogP contribution < -0.4 is 5.73 Å². The van der Waals surface area contributed by atoms with Gasteiger partial charge in [0.15, 0.2) is 0 Å². The third-order valence-corrected chi connectivity index (χ3v) is 4.77. The minimum Gasteiger partial charge on any atom is -0.369 e. The van der Waals surface area contributed by atoms with Crippen LogP contribution in [0.3, 0.4) is 0 Å². The molecule has 114 valence electrons. The van der Waals surface area contributed by atoms with E-state index in [4.69, 9.17) is 17.3 Å². The summed E-state index contributed by atoms with van der Waals surface area (Å²) in [6, 6.07) is 13.4. The predicted octanol–water partition coefficient (Wildman–Crippen LogP) is 3.47. The molecule has 1 amide bonds. The van der Waals surface area contributed by atoms with Gasteiger partial charge in [-0.3, -0.25) is 9.78 Å². The lowest BCUT2D eigenvalue weighted by Gasteiger charge is -2.11. The second-order valence-corrected chi connectivity index (χ2v) is 6.29. The number of primary amides is 1. The van der Waals surface area contributed by atoms with E-state index in [0.717, 1.165) is 40.7 Å². The summed E-state index contributed by atoms with van der Waals surface area (Å²) in [6.07, 6.45) is 3.24. The smallest absolute Gasteiger partial charge is 0.229 e. The van der Waals surface area contributed by atoms with Crippen LogP contribution in [-0.4, -0.2) is 15.9 Å². The van der Waals surface area contributed by atoms with Gasteiger partial charge in [-0.05, 0) is 31.0 Å². The number of carbonyl (C=O) groups excluding carboxylic acids is 1. The normalized spacial score (nSPS) is 15.5. The average molecular weight is 324 g/mol. The zero-order chi connectivity index (χ0) is 16.0. The molecule has 0 saturated heterocycles. The highest BCUT2D eigenvalue weighted by Gasteiger charge is 2.51. The molecule has 0 spiro atoms. The minimum atomic E-state index is -0.574. The van der Waals surface area contributed by atoms with E-state index in [1.54, 1.807) is 6.20 Å². The molecule has 1 saturated carbocycles. The maximum absolute atomic E-state index is 11.6. The number of benzene rings is 1. The van der Waals surface area contributed by atoms with E-state index in [-0.39, 0.29) is 5.91 Å². The van der Waals surface area contributed by atoms with Gasteiger partial charge in [0.05, 0.1) is 28.5 Å². The Morgan fingerprint density at radius 1 is 1.17 bits per heavy atom. The number of pyridine rings is 2. The zero-order valence-corrected chi connectivity index (χ0v) is 13.0. The van der Waals surface area contributed by atoms with Crippen molar-refractivity contribution in [3.05, 3.63) is 59.4 Å². The SMILES string of the molecule is NC(=O)C1(c2cc3ccc(-c4ccccc4Cl)nc3cn2)CC1. The molecule has 2 N–H and O–H groups in total. The van der Waals surface area contributed by atoms with Crippen molar-refractivity contribution in [2.45, 2.75) is 18.3 Å². The van der Waals surface area contributed by atoms with Gasteiger partial charge in [-0.2, -0.15) is 0 Å². The van der Waals surface area contributed by atoms with Crippen LogP contribution in [-0.2, 0) is 10.2 Å². The molecule has 1 fully saturated rings. The molecule has 0 aliphatic heterocycles. The highest BCUT2D eigenvalue weighted by Crippen LogP contribution is 2.47. The number of hydrogen-bond donors (Lipinski definition) is 1. The summed E-state index contributed by atoms with van der Waals surface area (Å²) in [5, 5.41) is 1.60. The first-order chi connectivity index (χ1) is 11.1. The Kier molecular flexibility index (Phi) is 3.10. The molecular formula is C18H14ClN3O. The molecule has 4 nitrogen and oxygen atoms in total. The molecule has 1 aliphatic carbocycles. The van der Waals surface area contributed by atoms with Crippen LogP contribution in [0.5, 0.6) is 0 Å². The van der Waals surface area contributed by atoms with E-state index in [2.05, 4.69) is 9.97 Å². The first-order valence-corrected chi connectivity index (χ1v) is 7.80. The second kappa shape index (κ2) is 5.03. The van der Waals surface area contributed by atoms with E-state index in [1.807, 2.05) is 42.5 Å². The number of nitrogens with two attached hydrogens (primary N) is 1. The van der Waals surface area contributed by atoms with Crippen molar-refractivity contribution < 1.29 is 4.79 Å². The van der Waals surface area contributed by atoms with Crippen molar-refractivity contribution in [1.82, 2.24) is 9.97 Å². The van der Waals surface area contributed by atoms with Crippen LogP contribution in [0.1, 0.15) is 18.5 Å². The Morgan fingerprint density at radius 2 is 1.96 bits per heavy atom. The van der Waals surface area contributed by atoms with E-state index < -0.39 is 5.41 Å². The molecule has 23 heavy (non-hydrogen) atoms. The monoisotopic (exact) mass is 323 g/mol. The van der Waals surface area contributed by atoms with Gasteiger partial charge in [-0.25, -0.2) is 4.98 Å². The summed E-state index contributed by atoms with van der Waals surface area (Å²) in [4.78, 5) is 20.7. The van der Waals surface area contributed by atoms with Crippen molar-refractivity contribution in [3.8, 4) is 11.3 Å². The van der Waals surface area contributed by atoms with Crippen molar-refractivity contribution in [3.63, 3.8) is 0 Å². The first-order valence-electron chi connectivity index (χ1n) is 7.42. The molecule has 1 aromatic carbocycles. The molecule has 2 aromatic heterocycles. The largest absolute Gasteiger partial charge is 0.369 e. The highest BCUT2D eigenvalue weighted by molar-refractivity contribution is 6.33. The molecule has 0 bridgehead atoms. The maximum Gasteiger partial charge on any atom is 0.229 e. The lowest BCUT2D eigenvalue weighted by atomic mass is 9.99. The molecule has 0 atom stereocenters. The lowest BCUT2D eigenvalue weighted by molar-refractivity contribution is -0.120. The van der Waals surface area contributed by atoms with Gasteiger partial charge in [0, 0.05) is 16.0 Å². The molecule has 3 aromatic rings. The van der Waals surface area contributed by atoms with Gasteiger partial charge in [0.25, 0.3) is 0 Å². The number of hydrogen-bond acceptors (Lipinski definition) is 3. The highest BCUT2D eigenvalue weighted by atomic mass is 35.5. The van der Waals surface area contributed by atoms with Crippen molar-refractivity contribution >= 4 is 28.4 Å². The minimum absolute atomic E-state index is 0.301. The Balaban J connectivity index is 1.80. The van der Waals surface area contributed by atoms with Crippen LogP contribution in [0.4, 0.5) is 0 Å². The summed E-state index contributed by atoms with van der Waals surface area (Å²) >= 11 is 6.23. The van der Waals surface area contributed by atoms with Crippen molar-refractivity contribution in [2.75, 3.05) is 0 Å². The Bertz CT molecular complexity index is 934. The number of fused-ring (bicyclic) bond motifs is 1. The van der Waals surface area contributed by atoms with Crippen LogP contribution in [0.2, 0.25) is 5.02 Å². The number of carbonyl (C=O) groups is 1. The summed E-state index contributed by atoms with van der Waals surface area (Å²) in [5.74, 6) is -0.301. The lowest BCUT2D eigenvalue weighted by Crippen LogP contribution is -2.29. The molecule has 4 rings (SSSR count). The summed E-state index contributed by atoms with van der Waals surface area (Å²) in [6.45, 7) is 0. The second-order valence-electron chi connectivity index (χ2n) is 5.88. The topological polar surface area (TPSA) is 68.9 Å². The standard InChI is InChI=1S/C18H14ClN3O/c19-13-4-2-1-3-12(13)14-6-5-11-9-16(21-10-15(11)22-14)18(7-8-18)17(20)23/h1-6,9-10H,7-8H2,(H2,20,23). The fourth-order valence-electron chi connectivity index (χ4n) is 2.86. The number of aromatic nitrogens is 2. The quantitative estimate of drug-likeness (QED) is 0.802. The fourth-order valence-corrected chi connectivity index (χ4v) is 3.09. The Labute approximate surface area is 138 Å². The first kappa shape index (κ1) is 14.2. The van der Waals surface area contributed by atoms with Crippen LogP contribution in [0.15, 0.2) is 48.7 Å². The van der Waals surface area contributed by atoms with E-state index in [9.17, 15) is 4.79 Å². The maximum atomic E-state index is 11.6. The molecule has 0 unspecified atom stereocenters. The third kappa shape index (κ3) is 2.26. The van der Waals surface area contributed by atoms with Gasteiger partial charge in [-0.15, -0.1) is 0 Å². The van der Waals surface area contributed by atoms with Crippen molar-refractivity contribution in [2.24, 2.45) is 5.73 Å². The molecule has 1 aliphatic rings. The van der Waals surface area contributed by atoms with E-state index in [0.29, 0.717) is 5.02 Å². The van der Waals surface area contributed by atoms with Gasteiger partial charge in [0.1, 0.15) is 0 Å². The van der Waals surface area contributed by atoms with Gasteiger partial charge >= 0.3 is 0 Å². The Hall–Kier alpha value is -2.46. The van der Waals surface area contributed by atoms with Gasteiger partial charge < -0.3 is 5.73 Å². The predicted molar refractivity (Wildman–Crippen MR) is 90.1 cm³/mol. The molecule has 0 radical (unpaired) electrons. The molecule has 5 heteroatoms. The summed E-state index contributed by atoms with van der Waals surface area (Å²) in [5.41, 5.74) is 8.14. The van der Waals surface area contributed by atoms with Crippen LogP contribution in [0.25, 0.3) is 22.2 Å². The van der Waals surface area contributed by atoms with Crippen LogP contribution in [0, 0.1) is 0 Å². The van der Waals surface area contributed by atoms with E-state index >= 15 is 0 Å². The summed E-state index contributed by atoms with van der Waals surface area (Å²) < 4.78 is 0. The molecular weight excluding hydrogens is 310 g/mol.